The Bertz CT molecular complexity index is 1180. The Labute approximate surface area is 173 Å². The van der Waals surface area contributed by atoms with Gasteiger partial charge in [0.25, 0.3) is 5.89 Å². The van der Waals surface area contributed by atoms with Crippen LogP contribution in [0.2, 0.25) is 0 Å². The van der Waals surface area contributed by atoms with Crippen molar-refractivity contribution in [3.05, 3.63) is 59.7 Å². The molecule has 3 aromatic heterocycles. The molecule has 0 bridgehead atoms. The van der Waals surface area contributed by atoms with Crippen LogP contribution in [0.25, 0.3) is 22.4 Å². The Morgan fingerprint density at radius 3 is 2.60 bits per heavy atom. The number of ether oxygens (including phenoxy) is 1. The van der Waals surface area contributed by atoms with E-state index in [9.17, 15) is 4.79 Å². The van der Waals surface area contributed by atoms with Gasteiger partial charge in [0.2, 0.25) is 5.82 Å². The molecule has 1 aromatic carbocycles. The number of rotatable bonds is 6. The second-order valence-corrected chi connectivity index (χ2v) is 7.62. The third-order valence-electron chi connectivity index (χ3n) is 4.71. The number of benzene rings is 1. The van der Waals surface area contributed by atoms with Crippen molar-refractivity contribution in [2.24, 2.45) is 0 Å². The Morgan fingerprint density at radius 2 is 1.90 bits per heavy atom. The first kappa shape index (κ1) is 19.8. The SMILES string of the molecule is CC(C)c1cc(C(=O)OCc2nc(-c3ccccc3)no2)c2cnn(C(C)C)c2n1. The predicted octanol–water partition coefficient (Wildman–Crippen LogP) is 4.54. The first-order chi connectivity index (χ1) is 14.4. The molecule has 3 heterocycles. The molecule has 8 nitrogen and oxygen atoms in total. The van der Waals surface area contributed by atoms with Gasteiger partial charge >= 0.3 is 5.97 Å². The molecule has 0 unspecified atom stereocenters. The molecular formula is C22H23N5O3. The summed E-state index contributed by atoms with van der Waals surface area (Å²) in [7, 11) is 0. The first-order valence-corrected chi connectivity index (χ1v) is 9.87. The molecule has 4 rings (SSSR count). The number of hydrogen-bond donors (Lipinski definition) is 0. The highest BCUT2D eigenvalue weighted by Crippen LogP contribution is 2.25. The van der Waals surface area contributed by atoms with Crippen LogP contribution in [-0.4, -0.2) is 30.9 Å². The maximum absolute atomic E-state index is 12.9. The van der Waals surface area contributed by atoms with Gasteiger partial charge in [0.05, 0.1) is 17.1 Å². The van der Waals surface area contributed by atoms with E-state index in [1.807, 2.05) is 62.7 Å². The smallest absolute Gasteiger partial charge is 0.339 e. The van der Waals surface area contributed by atoms with Gasteiger partial charge in [-0.1, -0.05) is 49.3 Å². The van der Waals surface area contributed by atoms with Crippen LogP contribution in [0.1, 0.15) is 61.6 Å². The molecule has 0 N–H and O–H groups in total. The highest BCUT2D eigenvalue weighted by atomic mass is 16.6. The molecule has 0 atom stereocenters. The van der Waals surface area contributed by atoms with E-state index in [1.54, 1.807) is 12.3 Å². The number of fused-ring (bicyclic) bond motifs is 1. The van der Waals surface area contributed by atoms with Gasteiger partial charge in [0.1, 0.15) is 0 Å². The molecule has 4 aromatic rings. The van der Waals surface area contributed by atoms with Gasteiger partial charge in [0, 0.05) is 17.3 Å². The van der Waals surface area contributed by atoms with Crippen LogP contribution < -0.4 is 0 Å². The molecule has 0 aliphatic heterocycles. The molecule has 0 saturated heterocycles. The molecule has 30 heavy (non-hydrogen) atoms. The number of carbonyl (C=O) groups excluding carboxylic acids is 1. The highest BCUT2D eigenvalue weighted by molar-refractivity contribution is 6.02. The van der Waals surface area contributed by atoms with Gasteiger partial charge in [-0.2, -0.15) is 10.1 Å². The lowest BCUT2D eigenvalue weighted by Gasteiger charge is -2.11. The van der Waals surface area contributed by atoms with Crippen molar-refractivity contribution in [2.75, 3.05) is 0 Å². The predicted molar refractivity (Wildman–Crippen MR) is 111 cm³/mol. The summed E-state index contributed by atoms with van der Waals surface area (Å²) < 4.78 is 12.5. The minimum Gasteiger partial charge on any atom is -0.452 e. The molecule has 0 saturated carbocycles. The van der Waals surface area contributed by atoms with Crippen LogP contribution in [0.5, 0.6) is 0 Å². The lowest BCUT2D eigenvalue weighted by Crippen LogP contribution is -2.10. The number of aromatic nitrogens is 5. The summed E-state index contributed by atoms with van der Waals surface area (Å²) in [5.74, 6) is 0.357. The van der Waals surface area contributed by atoms with E-state index in [1.165, 1.54) is 0 Å². The maximum Gasteiger partial charge on any atom is 0.339 e. The number of hydrogen-bond acceptors (Lipinski definition) is 7. The second-order valence-electron chi connectivity index (χ2n) is 7.62. The third kappa shape index (κ3) is 3.80. The summed E-state index contributed by atoms with van der Waals surface area (Å²) in [6, 6.07) is 11.4. The van der Waals surface area contributed by atoms with Crippen LogP contribution in [0, 0.1) is 0 Å². The molecule has 154 valence electrons. The van der Waals surface area contributed by atoms with Crippen molar-refractivity contribution in [1.82, 2.24) is 24.9 Å². The van der Waals surface area contributed by atoms with Crippen molar-refractivity contribution in [3.63, 3.8) is 0 Å². The fourth-order valence-electron chi connectivity index (χ4n) is 3.10. The molecule has 0 aliphatic rings. The zero-order valence-corrected chi connectivity index (χ0v) is 17.4. The Balaban J connectivity index is 1.58. The van der Waals surface area contributed by atoms with Crippen molar-refractivity contribution < 1.29 is 14.1 Å². The van der Waals surface area contributed by atoms with E-state index in [2.05, 4.69) is 15.2 Å². The van der Waals surface area contributed by atoms with Gasteiger partial charge < -0.3 is 9.26 Å². The molecular weight excluding hydrogens is 382 g/mol. The van der Waals surface area contributed by atoms with Crippen molar-refractivity contribution in [3.8, 4) is 11.4 Å². The van der Waals surface area contributed by atoms with Crippen molar-refractivity contribution in [1.29, 1.82) is 0 Å². The van der Waals surface area contributed by atoms with Gasteiger partial charge in [-0.25, -0.2) is 14.5 Å². The van der Waals surface area contributed by atoms with E-state index in [4.69, 9.17) is 14.2 Å². The minimum atomic E-state index is -0.480. The van der Waals surface area contributed by atoms with Crippen LogP contribution >= 0.6 is 0 Å². The fraction of sp³-hybridized carbons (Fsp3) is 0.318. The normalized spacial score (nSPS) is 11.5. The monoisotopic (exact) mass is 405 g/mol. The highest BCUT2D eigenvalue weighted by Gasteiger charge is 2.21. The molecule has 0 aliphatic carbocycles. The molecule has 0 spiro atoms. The van der Waals surface area contributed by atoms with Gasteiger partial charge in [0.15, 0.2) is 12.3 Å². The van der Waals surface area contributed by atoms with Gasteiger partial charge in [-0.05, 0) is 25.8 Å². The Hall–Kier alpha value is -3.55. The summed E-state index contributed by atoms with van der Waals surface area (Å²) in [6.07, 6.45) is 1.66. The molecule has 8 heteroatoms. The van der Waals surface area contributed by atoms with E-state index in [0.29, 0.717) is 22.4 Å². The summed E-state index contributed by atoms with van der Waals surface area (Å²) in [4.78, 5) is 21.9. The van der Waals surface area contributed by atoms with E-state index in [-0.39, 0.29) is 24.5 Å². The zero-order valence-electron chi connectivity index (χ0n) is 17.4. The van der Waals surface area contributed by atoms with Gasteiger partial charge in [-0.15, -0.1) is 0 Å². The molecule has 0 fully saturated rings. The first-order valence-electron chi connectivity index (χ1n) is 9.87. The van der Waals surface area contributed by atoms with Crippen LogP contribution in [-0.2, 0) is 11.3 Å². The lowest BCUT2D eigenvalue weighted by atomic mass is 10.1. The second kappa shape index (κ2) is 8.06. The maximum atomic E-state index is 12.9. The minimum absolute atomic E-state index is 0.113. The molecule has 0 radical (unpaired) electrons. The number of carbonyl (C=O) groups is 1. The number of nitrogens with zero attached hydrogens (tertiary/aromatic N) is 5. The van der Waals surface area contributed by atoms with Crippen LogP contribution in [0.3, 0.4) is 0 Å². The van der Waals surface area contributed by atoms with E-state index < -0.39 is 5.97 Å². The fourth-order valence-corrected chi connectivity index (χ4v) is 3.10. The topological polar surface area (TPSA) is 95.9 Å². The summed E-state index contributed by atoms with van der Waals surface area (Å²) >= 11 is 0. The Kier molecular flexibility index (Phi) is 5.31. The number of esters is 1. The van der Waals surface area contributed by atoms with Crippen molar-refractivity contribution >= 4 is 17.0 Å². The zero-order chi connectivity index (χ0) is 21.3. The summed E-state index contributed by atoms with van der Waals surface area (Å²) in [5.41, 5.74) is 2.74. The summed E-state index contributed by atoms with van der Waals surface area (Å²) in [5, 5.41) is 9.01. The lowest BCUT2D eigenvalue weighted by molar-refractivity contribution is 0.0432. The van der Waals surface area contributed by atoms with E-state index >= 15 is 0 Å². The third-order valence-corrected chi connectivity index (χ3v) is 4.71. The van der Waals surface area contributed by atoms with Gasteiger partial charge in [-0.3, -0.25) is 0 Å². The summed E-state index contributed by atoms with van der Waals surface area (Å²) in [6.45, 7) is 7.99. The van der Waals surface area contributed by atoms with Crippen LogP contribution in [0.15, 0.2) is 47.1 Å². The largest absolute Gasteiger partial charge is 0.452 e. The van der Waals surface area contributed by atoms with Crippen molar-refractivity contribution in [2.45, 2.75) is 46.3 Å². The quantitative estimate of drug-likeness (QED) is 0.434. The average Bonchev–Trinajstić information content (AvgIpc) is 3.39. The van der Waals surface area contributed by atoms with Crippen LogP contribution in [0.4, 0.5) is 0 Å². The average molecular weight is 405 g/mol. The number of pyridine rings is 1. The standard InChI is InChI=1S/C22H23N5O3/c1-13(2)18-10-16(17-11-23-27(14(3)4)21(17)24-18)22(28)29-12-19-25-20(26-30-19)15-8-6-5-7-9-15/h5-11,13-14H,12H2,1-4H3. The Morgan fingerprint density at radius 1 is 1.13 bits per heavy atom. The van der Waals surface area contributed by atoms with E-state index in [0.717, 1.165) is 11.3 Å². The molecule has 0 amide bonds.